The highest BCUT2D eigenvalue weighted by atomic mass is 32.2. The number of rotatable bonds is 5. The Kier molecular flexibility index (Phi) is 3.90. The normalized spacial score (nSPS) is 20.9. The van der Waals surface area contributed by atoms with Gasteiger partial charge in [-0.15, -0.1) is 0 Å². The van der Waals surface area contributed by atoms with Crippen molar-refractivity contribution in [1.29, 1.82) is 0 Å². The van der Waals surface area contributed by atoms with E-state index in [0.717, 1.165) is 5.56 Å². The molecule has 1 aliphatic rings. The summed E-state index contributed by atoms with van der Waals surface area (Å²) in [6, 6.07) is 6.42. The Bertz CT molecular complexity index is 822. The summed E-state index contributed by atoms with van der Waals surface area (Å²) >= 11 is 0. The number of nitrogens with zero attached hydrogens (tertiary/aromatic N) is 3. The Labute approximate surface area is 133 Å². The lowest BCUT2D eigenvalue weighted by Crippen LogP contribution is -2.34. The molecule has 3 rings (SSSR count). The van der Waals surface area contributed by atoms with Crippen molar-refractivity contribution in [2.75, 3.05) is 0 Å². The highest BCUT2D eigenvalue weighted by Crippen LogP contribution is 2.36. The van der Waals surface area contributed by atoms with Crippen LogP contribution in [0.1, 0.15) is 24.4 Å². The number of aryl methyl sites for hydroxylation is 1. The predicted octanol–water partition coefficient (Wildman–Crippen LogP) is 2.21. The lowest BCUT2D eigenvalue weighted by Gasteiger charge is -2.34. The summed E-state index contributed by atoms with van der Waals surface area (Å²) in [6.07, 6.45) is 3.24. The lowest BCUT2D eigenvalue weighted by molar-refractivity contribution is -0.389. The third-order valence-corrected chi connectivity index (χ3v) is 5.21. The molecule has 23 heavy (non-hydrogen) atoms. The monoisotopic (exact) mass is 337 g/mol. The fourth-order valence-corrected chi connectivity index (χ4v) is 3.52. The molecular weight excluding hydrogens is 322 g/mol. The molecule has 0 radical (unpaired) electrons. The van der Waals surface area contributed by atoms with Crippen molar-refractivity contribution >= 4 is 15.9 Å². The Balaban J connectivity index is 1.61. The molecule has 9 heteroatoms. The van der Waals surface area contributed by atoms with Crippen LogP contribution < -0.4 is 0 Å². The van der Waals surface area contributed by atoms with Crippen LogP contribution in [-0.2, 0) is 14.3 Å². The second-order valence-electron chi connectivity index (χ2n) is 5.55. The molecule has 0 aliphatic heterocycles. The van der Waals surface area contributed by atoms with Gasteiger partial charge in [-0.3, -0.25) is 4.18 Å². The molecule has 0 N–H and O–H groups in total. The number of benzene rings is 1. The molecule has 0 atom stereocenters. The van der Waals surface area contributed by atoms with Gasteiger partial charge in [-0.2, -0.15) is 8.42 Å². The van der Waals surface area contributed by atoms with E-state index in [1.165, 1.54) is 24.7 Å². The number of aromatic nitrogens is 2. The third-order valence-electron chi connectivity index (χ3n) is 3.84. The van der Waals surface area contributed by atoms with E-state index in [1.54, 1.807) is 16.7 Å². The molecule has 1 aromatic carbocycles. The quantitative estimate of drug-likeness (QED) is 0.470. The van der Waals surface area contributed by atoms with E-state index >= 15 is 0 Å². The average Bonchev–Trinajstić information content (AvgIpc) is 2.92. The van der Waals surface area contributed by atoms with Crippen molar-refractivity contribution in [3.8, 4) is 0 Å². The summed E-state index contributed by atoms with van der Waals surface area (Å²) in [5, 5.41) is 10.6. The van der Waals surface area contributed by atoms with Gasteiger partial charge in [0.1, 0.15) is 6.20 Å². The topological polar surface area (TPSA) is 104 Å². The van der Waals surface area contributed by atoms with Crippen molar-refractivity contribution in [1.82, 2.24) is 9.55 Å². The highest BCUT2D eigenvalue weighted by molar-refractivity contribution is 7.86. The third kappa shape index (κ3) is 3.25. The van der Waals surface area contributed by atoms with E-state index in [0.29, 0.717) is 12.8 Å². The van der Waals surface area contributed by atoms with Gasteiger partial charge in [-0.25, -0.2) is 0 Å². The van der Waals surface area contributed by atoms with Gasteiger partial charge >= 0.3 is 5.82 Å². The fourth-order valence-electron chi connectivity index (χ4n) is 2.42. The lowest BCUT2D eigenvalue weighted by atomic mass is 9.89. The Morgan fingerprint density at radius 3 is 2.52 bits per heavy atom. The van der Waals surface area contributed by atoms with Gasteiger partial charge in [0.05, 0.1) is 11.0 Å². The molecule has 8 nitrogen and oxygen atoms in total. The molecule has 0 amide bonds. The molecule has 2 aromatic rings. The molecule has 0 unspecified atom stereocenters. The average molecular weight is 337 g/mol. The van der Waals surface area contributed by atoms with Crippen molar-refractivity contribution in [2.24, 2.45) is 0 Å². The second kappa shape index (κ2) is 5.74. The first kappa shape index (κ1) is 15.6. The fraction of sp³-hybridized carbons (Fsp3) is 0.357. The van der Waals surface area contributed by atoms with Crippen LogP contribution in [0.2, 0.25) is 0 Å². The molecule has 1 aromatic heterocycles. The van der Waals surface area contributed by atoms with Crippen LogP contribution in [0.4, 0.5) is 5.82 Å². The van der Waals surface area contributed by atoms with Crippen LogP contribution in [0.3, 0.4) is 0 Å². The van der Waals surface area contributed by atoms with E-state index in [-0.39, 0.29) is 16.8 Å². The molecule has 1 saturated carbocycles. The molecule has 1 heterocycles. The number of nitro groups is 1. The molecule has 0 spiro atoms. The largest absolute Gasteiger partial charge is 0.381 e. The summed E-state index contributed by atoms with van der Waals surface area (Å²) < 4.78 is 31.1. The van der Waals surface area contributed by atoms with E-state index in [2.05, 4.69) is 4.98 Å². The Morgan fingerprint density at radius 1 is 1.30 bits per heavy atom. The molecule has 122 valence electrons. The zero-order valence-electron chi connectivity index (χ0n) is 12.3. The molecule has 0 saturated heterocycles. The van der Waals surface area contributed by atoms with Gasteiger partial charge in [0, 0.05) is 6.04 Å². The summed E-state index contributed by atoms with van der Waals surface area (Å²) in [5.74, 6) is -0.221. The van der Waals surface area contributed by atoms with E-state index in [4.69, 9.17) is 4.18 Å². The molecule has 1 fully saturated rings. The van der Waals surface area contributed by atoms with Gasteiger partial charge in [-0.1, -0.05) is 17.7 Å². The zero-order valence-corrected chi connectivity index (χ0v) is 13.1. The molecule has 1 aliphatic carbocycles. The van der Waals surface area contributed by atoms with Crippen molar-refractivity contribution in [2.45, 2.75) is 36.8 Å². The minimum absolute atomic E-state index is 0.0329. The van der Waals surface area contributed by atoms with Crippen LogP contribution in [0.15, 0.2) is 41.7 Å². The number of hydrogen-bond acceptors (Lipinski definition) is 6. The molecule has 0 bridgehead atoms. The van der Waals surface area contributed by atoms with Gasteiger partial charge < -0.3 is 14.7 Å². The summed E-state index contributed by atoms with van der Waals surface area (Å²) in [7, 11) is -3.78. The Morgan fingerprint density at radius 2 is 1.96 bits per heavy atom. The maximum Gasteiger partial charge on any atom is 0.381 e. The van der Waals surface area contributed by atoms with E-state index in [1.807, 2.05) is 6.92 Å². The van der Waals surface area contributed by atoms with E-state index in [9.17, 15) is 18.5 Å². The smallest absolute Gasteiger partial charge is 0.358 e. The maximum absolute atomic E-state index is 12.2. The number of hydrogen-bond donors (Lipinski definition) is 0. The Hall–Kier alpha value is -2.26. The van der Waals surface area contributed by atoms with Gasteiger partial charge in [-0.05, 0) is 41.8 Å². The van der Waals surface area contributed by atoms with Crippen molar-refractivity contribution in [3.05, 3.63) is 52.5 Å². The van der Waals surface area contributed by atoms with Crippen LogP contribution in [0, 0.1) is 17.0 Å². The minimum atomic E-state index is -3.78. The predicted molar refractivity (Wildman–Crippen MR) is 80.4 cm³/mol. The second-order valence-corrected chi connectivity index (χ2v) is 7.12. The standard InChI is InChI=1S/C14H15N3O5S/c1-10-2-4-13(5-3-10)23(20,21)22-12-6-11(7-12)16-8-14(15-9-16)17(18)19/h2-5,8-9,11-12H,6-7H2,1H3/t11-,12+. The van der Waals surface area contributed by atoms with Crippen LogP contribution in [0.5, 0.6) is 0 Å². The first-order valence-corrected chi connectivity index (χ1v) is 8.44. The maximum atomic E-state index is 12.2. The summed E-state index contributed by atoms with van der Waals surface area (Å²) in [4.78, 5) is 13.8. The zero-order chi connectivity index (χ0) is 16.6. The van der Waals surface area contributed by atoms with Crippen molar-refractivity contribution < 1.29 is 17.5 Å². The molecular formula is C14H15N3O5S. The van der Waals surface area contributed by atoms with Gasteiger partial charge in [0.25, 0.3) is 10.1 Å². The summed E-state index contributed by atoms with van der Waals surface area (Å²) in [6.45, 7) is 1.87. The highest BCUT2D eigenvalue weighted by Gasteiger charge is 2.36. The first-order chi connectivity index (χ1) is 10.8. The van der Waals surface area contributed by atoms with Crippen molar-refractivity contribution in [3.63, 3.8) is 0 Å². The van der Waals surface area contributed by atoms with Crippen LogP contribution in [-0.4, -0.2) is 29.0 Å². The van der Waals surface area contributed by atoms with Gasteiger partial charge in [0.15, 0.2) is 0 Å². The first-order valence-electron chi connectivity index (χ1n) is 7.03. The van der Waals surface area contributed by atoms with E-state index < -0.39 is 21.1 Å². The van der Waals surface area contributed by atoms with Gasteiger partial charge in [0.2, 0.25) is 6.33 Å². The number of imidazole rings is 1. The van der Waals surface area contributed by atoms with Crippen LogP contribution >= 0.6 is 0 Å². The summed E-state index contributed by atoms with van der Waals surface area (Å²) in [5.41, 5.74) is 0.967. The minimum Gasteiger partial charge on any atom is -0.358 e. The SMILES string of the molecule is Cc1ccc(S(=O)(=O)O[C@H]2C[C@@H](n3cnc([N+](=O)[O-])c3)C2)cc1. The van der Waals surface area contributed by atoms with Crippen LogP contribution in [0.25, 0.3) is 0 Å².